The van der Waals surface area contributed by atoms with E-state index in [4.69, 9.17) is 4.74 Å². The lowest BCUT2D eigenvalue weighted by Gasteiger charge is -2.18. The van der Waals surface area contributed by atoms with Crippen molar-refractivity contribution in [3.63, 3.8) is 0 Å². The normalized spacial score (nSPS) is 20.9. The third-order valence-corrected chi connectivity index (χ3v) is 3.03. The molecule has 2 atom stereocenters. The van der Waals surface area contributed by atoms with Crippen molar-refractivity contribution >= 4 is 11.9 Å². The van der Waals surface area contributed by atoms with E-state index < -0.39 is 6.04 Å². The standard InChI is InChI=1S/C12H22N2O3/c1-3-4-6-10(12(16)17-2)14-11(15)9-7-5-8-13-9/h9-10,13H,3-8H2,1-2H3,(H,14,15)/t9?,10-/m0/s1. The molecule has 2 N–H and O–H groups in total. The van der Waals surface area contributed by atoms with E-state index in [1.54, 1.807) is 0 Å². The molecule has 0 bridgehead atoms. The molecule has 0 aliphatic carbocycles. The first-order valence-corrected chi connectivity index (χ1v) is 6.30. The molecule has 1 rings (SSSR count). The number of ether oxygens (including phenoxy) is 1. The summed E-state index contributed by atoms with van der Waals surface area (Å²) in [5.74, 6) is -0.446. The molecule has 0 saturated carbocycles. The molecule has 1 unspecified atom stereocenters. The molecule has 1 aliphatic rings. The Morgan fingerprint density at radius 2 is 2.29 bits per heavy atom. The van der Waals surface area contributed by atoms with Gasteiger partial charge in [-0.15, -0.1) is 0 Å². The summed E-state index contributed by atoms with van der Waals surface area (Å²) in [6.45, 7) is 2.92. The van der Waals surface area contributed by atoms with Crippen LogP contribution in [0.2, 0.25) is 0 Å². The summed E-state index contributed by atoms with van der Waals surface area (Å²) < 4.78 is 4.70. The van der Waals surface area contributed by atoms with Gasteiger partial charge in [0.15, 0.2) is 0 Å². The fraction of sp³-hybridized carbons (Fsp3) is 0.833. The lowest BCUT2D eigenvalue weighted by molar-refractivity contribution is -0.145. The molecular weight excluding hydrogens is 220 g/mol. The van der Waals surface area contributed by atoms with Gasteiger partial charge < -0.3 is 15.4 Å². The van der Waals surface area contributed by atoms with Crippen molar-refractivity contribution in [1.29, 1.82) is 0 Å². The topological polar surface area (TPSA) is 67.4 Å². The lowest BCUT2D eigenvalue weighted by Crippen LogP contribution is -2.48. The van der Waals surface area contributed by atoms with Gasteiger partial charge in [-0.3, -0.25) is 4.79 Å². The van der Waals surface area contributed by atoms with Crippen LogP contribution in [0.25, 0.3) is 0 Å². The van der Waals surface area contributed by atoms with Gasteiger partial charge in [0.2, 0.25) is 5.91 Å². The van der Waals surface area contributed by atoms with Crippen molar-refractivity contribution in [1.82, 2.24) is 10.6 Å². The van der Waals surface area contributed by atoms with Crippen molar-refractivity contribution in [2.45, 2.75) is 51.1 Å². The predicted octanol–water partition coefficient (Wildman–Crippen LogP) is 0.586. The Bertz CT molecular complexity index is 262. The van der Waals surface area contributed by atoms with Gasteiger partial charge in [0.25, 0.3) is 0 Å². The minimum atomic E-state index is -0.505. The largest absolute Gasteiger partial charge is 0.467 e. The van der Waals surface area contributed by atoms with Gasteiger partial charge in [-0.2, -0.15) is 0 Å². The van der Waals surface area contributed by atoms with Crippen LogP contribution in [-0.2, 0) is 14.3 Å². The van der Waals surface area contributed by atoms with E-state index in [-0.39, 0.29) is 17.9 Å². The van der Waals surface area contributed by atoms with Gasteiger partial charge in [-0.25, -0.2) is 4.79 Å². The molecule has 17 heavy (non-hydrogen) atoms. The number of unbranched alkanes of at least 4 members (excludes halogenated alkanes) is 1. The Morgan fingerprint density at radius 3 is 2.82 bits per heavy atom. The first-order chi connectivity index (χ1) is 8.19. The zero-order chi connectivity index (χ0) is 12.7. The SMILES string of the molecule is CCCC[C@H](NC(=O)C1CCCN1)C(=O)OC. The van der Waals surface area contributed by atoms with Crippen LogP contribution in [-0.4, -0.2) is 37.6 Å². The van der Waals surface area contributed by atoms with Crippen molar-refractivity contribution in [2.75, 3.05) is 13.7 Å². The summed E-state index contributed by atoms with van der Waals surface area (Å²) in [7, 11) is 1.35. The minimum Gasteiger partial charge on any atom is -0.467 e. The number of esters is 1. The molecule has 1 heterocycles. The van der Waals surface area contributed by atoms with Crippen LogP contribution in [0.3, 0.4) is 0 Å². The number of nitrogens with one attached hydrogen (secondary N) is 2. The van der Waals surface area contributed by atoms with Gasteiger partial charge in [0.05, 0.1) is 13.2 Å². The number of hydrogen-bond acceptors (Lipinski definition) is 4. The van der Waals surface area contributed by atoms with Crippen molar-refractivity contribution in [3.8, 4) is 0 Å². The van der Waals surface area contributed by atoms with E-state index in [0.717, 1.165) is 32.2 Å². The molecule has 98 valence electrons. The quantitative estimate of drug-likeness (QED) is 0.669. The number of amides is 1. The molecule has 5 heteroatoms. The number of rotatable bonds is 6. The fourth-order valence-electron chi connectivity index (χ4n) is 1.98. The average molecular weight is 242 g/mol. The maximum absolute atomic E-state index is 11.9. The highest BCUT2D eigenvalue weighted by Gasteiger charge is 2.27. The van der Waals surface area contributed by atoms with Crippen LogP contribution >= 0.6 is 0 Å². The van der Waals surface area contributed by atoms with Crippen LogP contribution in [0.4, 0.5) is 0 Å². The summed E-state index contributed by atoms with van der Waals surface area (Å²) in [4.78, 5) is 23.4. The summed E-state index contributed by atoms with van der Waals surface area (Å²) >= 11 is 0. The molecule has 1 saturated heterocycles. The van der Waals surface area contributed by atoms with Crippen molar-refractivity contribution in [2.24, 2.45) is 0 Å². The lowest BCUT2D eigenvalue weighted by atomic mass is 10.1. The van der Waals surface area contributed by atoms with Crippen LogP contribution in [0.15, 0.2) is 0 Å². The van der Waals surface area contributed by atoms with Crippen LogP contribution in [0.1, 0.15) is 39.0 Å². The smallest absolute Gasteiger partial charge is 0.328 e. The minimum absolute atomic E-state index is 0.0889. The van der Waals surface area contributed by atoms with E-state index in [1.165, 1.54) is 7.11 Å². The molecule has 0 radical (unpaired) electrons. The van der Waals surface area contributed by atoms with Gasteiger partial charge in [-0.1, -0.05) is 19.8 Å². The molecule has 1 aliphatic heterocycles. The second-order valence-electron chi connectivity index (χ2n) is 4.38. The number of methoxy groups -OCH3 is 1. The maximum atomic E-state index is 11.9. The van der Waals surface area contributed by atoms with Gasteiger partial charge in [0, 0.05) is 0 Å². The Labute approximate surface area is 102 Å². The first-order valence-electron chi connectivity index (χ1n) is 6.30. The Kier molecular flexibility index (Phi) is 5.97. The van der Waals surface area contributed by atoms with E-state index in [2.05, 4.69) is 17.6 Å². The van der Waals surface area contributed by atoms with Gasteiger partial charge in [0.1, 0.15) is 6.04 Å². The Morgan fingerprint density at radius 1 is 1.53 bits per heavy atom. The summed E-state index contributed by atoms with van der Waals surface area (Å²) in [5, 5.41) is 5.88. The zero-order valence-electron chi connectivity index (χ0n) is 10.6. The van der Waals surface area contributed by atoms with E-state index in [9.17, 15) is 9.59 Å². The van der Waals surface area contributed by atoms with Gasteiger partial charge >= 0.3 is 5.97 Å². The third-order valence-electron chi connectivity index (χ3n) is 3.03. The summed E-state index contributed by atoms with van der Waals surface area (Å²) in [5.41, 5.74) is 0. The molecule has 1 fully saturated rings. The average Bonchev–Trinajstić information content (AvgIpc) is 2.87. The number of carbonyl (C=O) groups excluding carboxylic acids is 2. The maximum Gasteiger partial charge on any atom is 0.328 e. The highest BCUT2D eigenvalue weighted by atomic mass is 16.5. The second-order valence-corrected chi connectivity index (χ2v) is 4.38. The number of hydrogen-bond donors (Lipinski definition) is 2. The summed E-state index contributed by atoms with van der Waals surface area (Å²) in [6, 6.07) is -0.654. The van der Waals surface area contributed by atoms with Crippen LogP contribution in [0.5, 0.6) is 0 Å². The van der Waals surface area contributed by atoms with Crippen molar-refractivity contribution in [3.05, 3.63) is 0 Å². The molecular formula is C12H22N2O3. The second kappa shape index (κ2) is 7.27. The Hall–Kier alpha value is -1.10. The van der Waals surface area contributed by atoms with Crippen molar-refractivity contribution < 1.29 is 14.3 Å². The number of carbonyl (C=O) groups is 2. The Balaban J connectivity index is 2.46. The monoisotopic (exact) mass is 242 g/mol. The van der Waals surface area contributed by atoms with E-state index in [1.807, 2.05) is 0 Å². The predicted molar refractivity (Wildman–Crippen MR) is 64.5 cm³/mol. The summed E-state index contributed by atoms with van der Waals surface area (Å²) in [6.07, 6.45) is 4.38. The molecule has 0 spiro atoms. The molecule has 1 amide bonds. The molecule has 0 aromatic heterocycles. The van der Waals surface area contributed by atoms with Crippen LogP contribution < -0.4 is 10.6 Å². The molecule has 0 aromatic carbocycles. The fourth-order valence-corrected chi connectivity index (χ4v) is 1.98. The highest BCUT2D eigenvalue weighted by Crippen LogP contribution is 2.07. The van der Waals surface area contributed by atoms with Gasteiger partial charge in [-0.05, 0) is 25.8 Å². The first kappa shape index (κ1) is 14.0. The molecule has 0 aromatic rings. The van der Waals surface area contributed by atoms with E-state index >= 15 is 0 Å². The van der Waals surface area contributed by atoms with E-state index in [0.29, 0.717) is 6.42 Å². The third kappa shape index (κ3) is 4.34. The van der Waals surface area contributed by atoms with Crippen LogP contribution in [0, 0.1) is 0 Å². The molecule has 5 nitrogen and oxygen atoms in total. The highest BCUT2D eigenvalue weighted by molar-refractivity contribution is 5.87. The zero-order valence-corrected chi connectivity index (χ0v) is 10.6.